The molecular formula is C14H17BrFN. The average molecular weight is 298 g/mol. The summed E-state index contributed by atoms with van der Waals surface area (Å²) in [6, 6.07) is 5.57. The van der Waals surface area contributed by atoms with Crippen LogP contribution in [0.5, 0.6) is 0 Å². The molecular weight excluding hydrogens is 281 g/mol. The van der Waals surface area contributed by atoms with E-state index in [1.165, 1.54) is 31.7 Å². The monoisotopic (exact) mass is 297 g/mol. The second-order valence-electron chi connectivity index (χ2n) is 5.32. The summed E-state index contributed by atoms with van der Waals surface area (Å²) in [4.78, 5) is 0. The Labute approximate surface area is 110 Å². The van der Waals surface area contributed by atoms with Crippen LogP contribution >= 0.6 is 15.9 Å². The van der Waals surface area contributed by atoms with Crippen LogP contribution in [0.2, 0.25) is 0 Å². The van der Waals surface area contributed by atoms with Gasteiger partial charge in [-0.05, 0) is 61.3 Å². The molecule has 2 aliphatic carbocycles. The van der Waals surface area contributed by atoms with Gasteiger partial charge >= 0.3 is 0 Å². The molecule has 3 rings (SSSR count). The second kappa shape index (κ2) is 4.69. The molecule has 0 bridgehead atoms. The fourth-order valence-electron chi connectivity index (χ4n) is 2.54. The lowest BCUT2D eigenvalue weighted by Crippen LogP contribution is -2.32. The third kappa shape index (κ3) is 2.89. The standard InChI is InChI=1S/C14H17BrFN/c15-13-6-5-12(16)7-11(13)8-17-14(9-1-2-9)10-3-4-10/h5-7,9-10,14,17H,1-4,8H2. The lowest BCUT2D eigenvalue weighted by atomic mass is 10.1. The van der Waals surface area contributed by atoms with Crippen molar-refractivity contribution in [3.8, 4) is 0 Å². The van der Waals surface area contributed by atoms with Gasteiger partial charge in [0.25, 0.3) is 0 Å². The van der Waals surface area contributed by atoms with E-state index in [-0.39, 0.29) is 5.82 Å². The third-order valence-electron chi connectivity index (χ3n) is 3.80. The molecule has 2 aliphatic rings. The number of hydrogen-bond acceptors (Lipinski definition) is 1. The predicted molar refractivity (Wildman–Crippen MR) is 70.2 cm³/mol. The molecule has 1 N–H and O–H groups in total. The van der Waals surface area contributed by atoms with Gasteiger partial charge in [-0.1, -0.05) is 15.9 Å². The Balaban J connectivity index is 1.63. The van der Waals surface area contributed by atoms with Gasteiger partial charge in [-0.3, -0.25) is 0 Å². The summed E-state index contributed by atoms with van der Waals surface area (Å²) in [5.41, 5.74) is 1.02. The summed E-state index contributed by atoms with van der Waals surface area (Å²) in [7, 11) is 0. The normalized spacial score (nSPS) is 19.9. The van der Waals surface area contributed by atoms with Crippen LogP contribution < -0.4 is 5.32 Å². The molecule has 0 amide bonds. The molecule has 0 atom stereocenters. The molecule has 0 saturated heterocycles. The van der Waals surface area contributed by atoms with E-state index >= 15 is 0 Å². The highest BCUT2D eigenvalue weighted by Crippen LogP contribution is 2.44. The lowest BCUT2D eigenvalue weighted by molar-refractivity contribution is 0.415. The minimum atomic E-state index is -0.153. The van der Waals surface area contributed by atoms with Crippen LogP contribution in [0.4, 0.5) is 4.39 Å². The largest absolute Gasteiger partial charge is 0.309 e. The highest BCUT2D eigenvalue weighted by atomic mass is 79.9. The Bertz CT molecular complexity index is 401. The molecule has 0 spiro atoms. The van der Waals surface area contributed by atoms with Gasteiger partial charge in [0.15, 0.2) is 0 Å². The molecule has 1 aromatic rings. The molecule has 1 aromatic carbocycles. The maximum atomic E-state index is 13.2. The van der Waals surface area contributed by atoms with Gasteiger partial charge in [-0.15, -0.1) is 0 Å². The summed E-state index contributed by atoms with van der Waals surface area (Å²) < 4.78 is 14.2. The van der Waals surface area contributed by atoms with Crippen molar-refractivity contribution in [2.75, 3.05) is 0 Å². The zero-order valence-electron chi connectivity index (χ0n) is 9.76. The first kappa shape index (κ1) is 11.7. The van der Waals surface area contributed by atoms with E-state index in [1.807, 2.05) is 0 Å². The average Bonchev–Trinajstić information content (AvgIpc) is 3.14. The van der Waals surface area contributed by atoms with Crippen LogP contribution in [-0.2, 0) is 6.54 Å². The van der Waals surface area contributed by atoms with Crippen molar-refractivity contribution >= 4 is 15.9 Å². The van der Waals surface area contributed by atoms with Crippen molar-refractivity contribution in [2.45, 2.75) is 38.3 Å². The van der Waals surface area contributed by atoms with Crippen LogP contribution in [0.15, 0.2) is 22.7 Å². The minimum absolute atomic E-state index is 0.153. The van der Waals surface area contributed by atoms with Crippen LogP contribution in [0, 0.1) is 17.7 Å². The van der Waals surface area contributed by atoms with E-state index in [0.29, 0.717) is 6.04 Å². The molecule has 0 aliphatic heterocycles. The quantitative estimate of drug-likeness (QED) is 0.870. The maximum Gasteiger partial charge on any atom is 0.123 e. The van der Waals surface area contributed by atoms with E-state index in [0.717, 1.165) is 28.4 Å². The van der Waals surface area contributed by atoms with Gasteiger partial charge in [0.1, 0.15) is 5.82 Å². The molecule has 1 nitrogen and oxygen atoms in total. The van der Waals surface area contributed by atoms with Crippen LogP contribution in [0.3, 0.4) is 0 Å². The fourth-order valence-corrected chi connectivity index (χ4v) is 2.92. The van der Waals surface area contributed by atoms with Crippen molar-refractivity contribution in [2.24, 2.45) is 11.8 Å². The SMILES string of the molecule is Fc1ccc(Br)c(CNC(C2CC2)C2CC2)c1. The van der Waals surface area contributed by atoms with Gasteiger partial charge in [-0.25, -0.2) is 4.39 Å². The van der Waals surface area contributed by atoms with Crippen molar-refractivity contribution in [3.63, 3.8) is 0 Å². The van der Waals surface area contributed by atoms with Crippen molar-refractivity contribution in [1.82, 2.24) is 5.32 Å². The van der Waals surface area contributed by atoms with Gasteiger partial charge in [0.2, 0.25) is 0 Å². The van der Waals surface area contributed by atoms with Crippen LogP contribution in [-0.4, -0.2) is 6.04 Å². The maximum absolute atomic E-state index is 13.2. The van der Waals surface area contributed by atoms with E-state index in [4.69, 9.17) is 0 Å². The zero-order chi connectivity index (χ0) is 11.8. The van der Waals surface area contributed by atoms with Gasteiger partial charge in [-0.2, -0.15) is 0 Å². The molecule has 2 saturated carbocycles. The summed E-state index contributed by atoms with van der Waals surface area (Å²) in [6.07, 6.45) is 5.49. The Kier molecular flexibility index (Phi) is 3.22. The smallest absolute Gasteiger partial charge is 0.123 e. The zero-order valence-corrected chi connectivity index (χ0v) is 11.3. The van der Waals surface area contributed by atoms with Gasteiger partial charge in [0, 0.05) is 17.1 Å². The summed E-state index contributed by atoms with van der Waals surface area (Å²) in [6.45, 7) is 0.774. The first-order valence-electron chi connectivity index (χ1n) is 6.41. The van der Waals surface area contributed by atoms with E-state index < -0.39 is 0 Å². The second-order valence-corrected chi connectivity index (χ2v) is 6.17. The van der Waals surface area contributed by atoms with E-state index in [1.54, 1.807) is 12.1 Å². The van der Waals surface area contributed by atoms with Crippen LogP contribution in [0.1, 0.15) is 31.2 Å². The summed E-state index contributed by atoms with van der Waals surface area (Å²) in [5.74, 6) is 1.61. The predicted octanol–water partition coefficient (Wildman–Crippen LogP) is 3.87. The van der Waals surface area contributed by atoms with Gasteiger partial charge in [0.05, 0.1) is 0 Å². The first-order chi connectivity index (χ1) is 8.24. The lowest BCUT2D eigenvalue weighted by Gasteiger charge is -2.18. The molecule has 2 fully saturated rings. The van der Waals surface area contributed by atoms with Crippen molar-refractivity contribution < 1.29 is 4.39 Å². The number of nitrogens with one attached hydrogen (secondary N) is 1. The number of rotatable bonds is 5. The highest BCUT2D eigenvalue weighted by Gasteiger charge is 2.40. The number of benzene rings is 1. The summed E-state index contributed by atoms with van der Waals surface area (Å²) >= 11 is 3.48. The fraction of sp³-hybridized carbons (Fsp3) is 0.571. The molecule has 0 unspecified atom stereocenters. The molecule has 0 heterocycles. The Hall–Kier alpha value is -0.410. The highest BCUT2D eigenvalue weighted by molar-refractivity contribution is 9.10. The van der Waals surface area contributed by atoms with E-state index in [9.17, 15) is 4.39 Å². The Morgan fingerprint density at radius 1 is 1.24 bits per heavy atom. The topological polar surface area (TPSA) is 12.0 Å². The van der Waals surface area contributed by atoms with Crippen molar-refractivity contribution in [1.29, 1.82) is 0 Å². The van der Waals surface area contributed by atoms with Gasteiger partial charge < -0.3 is 5.32 Å². The summed E-state index contributed by atoms with van der Waals surface area (Å²) in [5, 5.41) is 3.63. The molecule has 92 valence electrons. The molecule has 0 aromatic heterocycles. The molecule has 3 heteroatoms. The van der Waals surface area contributed by atoms with E-state index in [2.05, 4.69) is 21.2 Å². The minimum Gasteiger partial charge on any atom is -0.309 e. The molecule has 0 radical (unpaired) electrons. The number of halogens is 2. The number of hydrogen-bond donors (Lipinski definition) is 1. The Morgan fingerprint density at radius 2 is 1.88 bits per heavy atom. The third-order valence-corrected chi connectivity index (χ3v) is 4.57. The van der Waals surface area contributed by atoms with Crippen molar-refractivity contribution in [3.05, 3.63) is 34.1 Å². The van der Waals surface area contributed by atoms with Crippen LogP contribution in [0.25, 0.3) is 0 Å². The molecule has 17 heavy (non-hydrogen) atoms. The Morgan fingerprint density at radius 3 is 2.47 bits per heavy atom. The first-order valence-corrected chi connectivity index (χ1v) is 7.20.